The Bertz CT molecular complexity index is 175. The molecule has 0 aliphatic carbocycles. The Morgan fingerprint density at radius 3 is 1.93 bits per heavy atom. The van der Waals surface area contributed by atoms with E-state index in [4.69, 9.17) is 5.73 Å². The topological polar surface area (TPSA) is 43.1 Å². The number of amides is 1. The van der Waals surface area contributed by atoms with Gasteiger partial charge in [-0.3, -0.25) is 4.79 Å². The van der Waals surface area contributed by atoms with E-state index in [0.29, 0.717) is 0 Å². The van der Waals surface area contributed by atoms with Crippen molar-refractivity contribution in [3.05, 3.63) is 0 Å². The van der Waals surface area contributed by atoms with E-state index in [1.807, 2.05) is 13.8 Å². The fourth-order valence-corrected chi connectivity index (χ4v) is 1.65. The van der Waals surface area contributed by atoms with E-state index in [1.165, 1.54) is 38.5 Å². The minimum atomic E-state index is -0.316. The highest BCUT2D eigenvalue weighted by atomic mass is 16.1. The van der Waals surface area contributed by atoms with Crippen LogP contribution in [0.3, 0.4) is 0 Å². The Hall–Kier alpha value is -0.530. The molecular formula is C13H27NO. The minimum absolute atomic E-state index is 0.173. The molecule has 0 aliphatic heterocycles. The molecule has 2 heteroatoms. The molecule has 0 bridgehead atoms. The first-order valence-electron chi connectivity index (χ1n) is 6.30. The molecule has 15 heavy (non-hydrogen) atoms. The van der Waals surface area contributed by atoms with Crippen LogP contribution in [-0.4, -0.2) is 5.91 Å². The molecule has 0 rings (SSSR count). The SMILES string of the molecule is CCCCCCCCCC(C)(C)C(N)=O. The molecule has 90 valence electrons. The monoisotopic (exact) mass is 213 g/mol. The molecule has 0 saturated heterocycles. The molecule has 0 heterocycles. The van der Waals surface area contributed by atoms with Gasteiger partial charge in [0.2, 0.25) is 5.91 Å². The number of hydrogen-bond acceptors (Lipinski definition) is 1. The molecule has 0 aromatic heterocycles. The normalized spacial score (nSPS) is 11.7. The molecule has 0 aromatic carbocycles. The maximum Gasteiger partial charge on any atom is 0.223 e. The highest BCUT2D eigenvalue weighted by Crippen LogP contribution is 2.23. The lowest BCUT2D eigenvalue weighted by molar-refractivity contribution is -0.126. The summed E-state index contributed by atoms with van der Waals surface area (Å²) in [7, 11) is 0. The van der Waals surface area contributed by atoms with Crippen LogP contribution in [0.1, 0.15) is 72.1 Å². The lowest BCUT2D eigenvalue weighted by Crippen LogP contribution is -2.31. The molecular weight excluding hydrogens is 186 g/mol. The first-order chi connectivity index (χ1) is 7.00. The predicted molar refractivity (Wildman–Crippen MR) is 65.6 cm³/mol. The van der Waals surface area contributed by atoms with Gasteiger partial charge in [-0.1, -0.05) is 65.7 Å². The number of hydrogen-bond donors (Lipinski definition) is 1. The van der Waals surface area contributed by atoms with Gasteiger partial charge in [-0.15, -0.1) is 0 Å². The Labute approximate surface area is 94.6 Å². The summed E-state index contributed by atoms with van der Waals surface area (Å²) in [5, 5.41) is 0. The lowest BCUT2D eigenvalue weighted by atomic mass is 9.86. The zero-order valence-electron chi connectivity index (χ0n) is 10.6. The molecule has 0 aromatic rings. The Balaban J connectivity index is 3.35. The molecule has 0 unspecified atom stereocenters. The van der Waals surface area contributed by atoms with Gasteiger partial charge in [0.05, 0.1) is 0 Å². The van der Waals surface area contributed by atoms with E-state index in [-0.39, 0.29) is 11.3 Å². The van der Waals surface area contributed by atoms with Gasteiger partial charge in [-0.2, -0.15) is 0 Å². The molecule has 1 amide bonds. The van der Waals surface area contributed by atoms with Gasteiger partial charge in [0, 0.05) is 5.41 Å². The molecule has 0 atom stereocenters. The first-order valence-corrected chi connectivity index (χ1v) is 6.30. The second-order valence-electron chi connectivity index (χ2n) is 5.12. The van der Waals surface area contributed by atoms with Gasteiger partial charge < -0.3 is 5.73 Å². The van der Waals surface area contributed by atoms with Gasteiger partial charge in [0.25, 0.3) is 0 Å². The van der Waals surface area contributed by atoms with E-state index in [9.17, 15) is 4.79 Å². The summed E-state index contributed by atoms with van der Waals surface area (Å²) in [6.07, 6.45) is 9.94. The van der Waals surface area contributed by atoms with Crippen molar-refractivity contribution in [2.75, 3.05) is 0 Å². The maximum atomic E-state index is 11.0. The van der Waals surface area contributed by atoms with Crippen molar-refractivity contribution >= 4 is 5.91 Å². The largest absolute Gasteiger partial charge is 0.369 e. The van der Waals surface area contributed by atoms with Crippen LogP contribution in [0, 0.1) is 5.41 Å². The first kappa shape index (κ1) is 14.5. The average molecular weight is 213 g/mol. The number of primary amides is 1. The molecule has 2 nitrogen and oxygen atoms in total. The quantitative estimate of drug-likeness (QED) is 0.584. The summed E-state index contributed by atoms with van der Waals surface area (Å²) in [4.78, 5) is 11.0. The summed E-state index contributed by atoms with van der Waals surface area (Å²) in [5.74, 6) is -0.173. The van der Waals surface area contributed by atoms with Crippen molar-refractivity contribution in [2.45, 2.75) is 72.1 Å². The number of carbonyl (C=O) groups is 1. The molecule has 0 radical (unpaired) electrons. The zero-order chi connectivity index (χ0) is 11.7. The smallest absolute Gasteiger partial charge is 0.223 e. The standard InChI is InChI=1S/C13H27NO/c1-4-5-6-7-8-9-10-11-13(2,3)12(14)15/h4-11H2,1-3H3,(H2,14,15). The molecule has 0 saturated carbocycles. The van der Waals surface area contributed by atoms with Gasteiger partial charge in [-0.05, 0) is 6.42 Å². The highest BCUT2D eigenvalue weighted by Gasteiger charge is 2.23. The second-order valence-corrected chi connectivity index (χ2v) is 5.12. The Morgan fingerprint density at radius 2 is 1.47 bits per heavy atom. The minimum Gasteiger partial charge on any atom is -0.369 e. The Kier molecular flexibility index (Phi) is 7.45. The second kappa shape index (κ2) is 7.72. The van der Waals surface area contributed by atoms with E-state index in [1.54, 1.807) is 0 Å². The third kappa shape index (κ3) is 7.40. The van der Waals surface area contributed by atoms with Gasteiger partial charge in [0.15, 0.2) is 0 Å². The predicted octanol–water partition coefficient (Wildman–Crippen LogP) is 3.64. The molecule has 2 N–H and O–H groups in total. The van der Waals surface area contributed by atoms with Crippen molar-refractivity contribution in [3.8, 4) is 0 Å². The molecule has 0 aliphatic rings. The molecule has 0 fully saturated rings. The summed E-state index contributed by atoms with van der Waals surface area (Å²) in [5.41, 5.74) is 5.00. The van der Waals surface area contributed by atoms with Crippen molar-refractivity contribution < 1.29 is 4.79 Å². The van der Waals surface area contributed by atoms with Crippen LogP contribution in [0.2, 0.25) is 0 Å². The van der Waals surface area contributed by atoms with Crippen LogP contribution in [-0.2, 0) is 4.79 Å². The van der Waals surface area contributed by atoms with Crippen LogP contribution in [0.5, 0.6) is 0 Å². The number of carbonyl (C=O) groups excluding carboxylic acids is 1. The third-order valence-electron chi connectivity index (χ3n) is 3.07. The summed E-state index contributed by atoms with van der Waals surface area (Å²) in [6, 6.07) is 0. The van der Waals surface area contributed by atoms with E-state index in [2.05, 4.69) is 6.92 Å². The van der Waals surface area contributed by atoms with Gasteiger partial charge >= 0.3 is 0 Å². The van der Waals surface area contributed by atoms with Crippen LogP contribution < -0.4 is 5.73 Å². The van der Waals surface area contributed by atoms with Crippen molar-refractivity contribution in [1.29, 1.82) is 0 Å². The number of unbranched alkanes of at least 4 members (excludes halogenated alkanes) is 6. The fourth-order valence-electron chi connectivity index (χ4n) is 1.65. The molecule has 0 spiro atoms. The van der Waals surface area contributed by atoms with Gasteiger partial charge in [0.1, 0.15) is 0 Å². The highest BCUT2D eigenvalue weighted by molar-refractivity contribution is 5.79. The number of nitrogens with two attached hydrogens (primary N) is 1. The van der Waals surface area contributed by atoms with E-state index in [0.717, 1.165) is 12.8 Å². The van der Waals surface area contributed by atoms with Crippen LogP contribution in [0.15, 0.2) is 0 Å². The van der Waals surface area contributed by atoms with Crippen molar-refractivity contribution in [3.63, 3.8) is 0 Å². The van der Waals surface area contributed by atoms with Crippen molar-refractivity contribution in [1.82, 2.24) is 0 Å². The summed E-state index contributed by atoms with van der Waals surface area (Å²) in [6.45, 7) is 6.11. The average Bonchev–Trinajstić information content (AvgIpc) is 2.16. The number of rotatable bonds is 9. The van der Waals surface area contributed by atoms with Crippen molar-refractivity contribution in [2.24, 2.45) is 11.1 Å². The third-order valence-corrected chi connectivity index (χ3v) is 3.07. The van der Waals surface area contributed by atoms with E-state index < -0.39 is 0 Å². The van der Waals surface area contributed by atoms with Gasteiger partial charge in [-0.25, -0.2) is 0 Å². The maximum absolute atomic E-state index is 11.0. The summed E-state index contributed by atoms with van der Waals surface area (Å²) < 4.78 is 0. The summed E-state index contributed by atoms with van der Waals surface area (Å²) >= 11 is 0. The van der Waals surface area contributed by atoms with Crippen LogP contribution in [0.25, 0.3) is 0 Å². The Morgan fingerprint density at radius 1 is 1.00 bits per heavy atom. The lowest BCUT2D eigenvalue weighted by Gasteiger charge is -2.19. The zero-order valence-corrected chi connectivity index (χ0v) is 10.6. The van der Waals surface area contributed by atoms with E-state index >= 15 is 0 Å². The van der Waals surface area contributed by atoms with Crippen LogP contribution >= 0.6 is 0 Å². The van der Waals surface area contributed by atoms with Crippen LogP contribution in [0.4, 0.5) is 0 Å². The fraction of sp³-hybridized carbons (Fsp3) is 0.923.